The van der Waals surface area contributed by atoms with Gasteiger partial charge < -0.3 is 14.8 Å². The SMILES string of the molecule is O=C(/C=C/Cn1ccnc1)N1CCc2c(sc3ncnc(Nc4ccc(F)c(Cl)c4)c23)C1. The highest BCUT2D eigenvalue weighted by atomic mass is 35.5. The van der Waals surface area contributed by atoms with Gasteiger partial charge in [0.25, 0.3) is 0 Å². The topological polar surface area (TPSA) is 75.9 Å². The Kier molecular flexibility index (Phi) is 5.59. The number of hydrogen-bond donors (Lipinski definition) is 1. The third kappa shape index (κ3) is 4.09. The maximum Gasteiger partial charge on any atom is 0.246 e. The summed E-state index contributed by atoms with van der Waals surface area (Å²) in [6, 6.07) is 4.46. The first-order valence-electron chi connectivity index (χ1n) is 9.97. The molecule has 0 bridgehead atoms. The highest BCUT2D eigenvalue weighted by molar-refractivity contribution is 7.19. The Morgan fingerprint density at radius 3 is 3.06 bits per heavy atom. The quantitative estimate of drug-likeness (QED) is 0.434. The molecule has 162 valence electrons. The molecule has 1 N–H and O–H groups in total. The Balaban J connectivity index is 1.36. The maximum atomic E-state index is 13.5. The third-order valence-corrected chi connectivity index (χ3v) is 6.68. The Morgan fingerprint density at radius 1 is 1.34 bits per heavy atom. The Hall–Kier alpha value is -3.30. The van der Waals surface area contributed by atoms with Crippen LogP contribution >= 0.6 is 22.9 Å². The number of hydrogen-bond acceptors (Lipinski definition) is 6. The molecule has 0 aliphatic carbocycles. The minimum Gasteiger partial charge on any atom is -0.340 e. The molecule has 0 atom stereocenters. The van der Waals surface area contributed by atoms with Gasteiger partial charge in [0.1, 0.15) is 22.8 Å². The van der Waals surface area contributed by atoms with Crippen LogP contribution in [-0.2, 0) is 24.3 Å². The lowest BCUT2D eigenvalue weighted by atomic mass is 10.0. The Morgan fingerprint density at radius 2 is 2.25 bits per heavy atom. The fourth-order valence-electron chi connectivity index (χ4n) is 3.70. The number of amides is 1. The second-order valence-corrected chi connectivity index (χ2v) is 8.82. The first-order chi connectivity index (χ1) is 15.6. The van der Waals surface area contributed by atoms with Crippen molar-refractivity contribution >= 4 is 50.6 Å². The van der Waals surface area contributed by atoms with Crippen LogP contribution in [0.4, 0.5) is 15.9 Å². The number of carbonyl (C=O) groups is 1. The minimum atomic E-state index is -0.471. The third-order valence-electron chi connectivity index (χ3n) is 5.27. The van der Waals surface area contributed by atoms with Crippen LogP contribution in [0.2, 0.25) is 5.02 Å². The van der Waals surface area contributed by atoms with Crippen LogP contribution in [0.5, 0.6) is 0 Å². The average molecular weight is 469 g/mol. The zero-order valence-electron chi connectivity index (χ0n) is 16.8. The summed E-state index contributed by atoms with van der Waals surface area (Å²) in [6.07, 6.45) is 10.9. The standard InChI is InChI=1S/C22H18ClFN6OS/c23-16-10-14(3-4-17(16)24)28-21-20-15-5-8-30(11-18(15)32-22(20)27-12-26-21)19(31)2-1-7-29-9-6-25-13-29/h1-4,6,9-10,12-13H,5,7-8,11H2,(H,26,27,28)/b2-1+. The zero-order valence-corrected chi connectivity index (χ0v) is 18.4. The molecule has 0 unspecified atom stereocenters. The monoisotopic (exact) mass is 468 g/mol. The van der Waals surface area contributed by atoms with Crippen molar-refractivity contribution in [1.82, 2.24) is 24.4 Å². The molecule has 7 nitrogen and oxygen atoms in total. The van der Waals surface area contributed by atoms with E-state index in [1.165, 1.54) is 18.5 Å². The molecule has 1 aromatic carbocycles. The summed E-state index contributed by atoms with van der Waals surface area (Å²) < 4.78 is 15.4. The maximum absolute atomic E-state index is 13.5. The van der Waals surface area contributed by atoms with Crippen molar-refractivity contribution in [3.63, 3.8) is 0 Å². The summed E-state index contributed by atoms with van der Waals surface area (Å²) in [7, 11) is 0. The van der Waals surface area contributed by atoms with E-state index in [4.69, 9.17) is 11.6 Å². The van der Waals surface area contributed by atoms with Crippen molar-refractivity contribution in [2.45, 2.75) is 19.5 Å². The first-order valence-corrected chi connectivity index (χ1v) is 11.2. The predicted octanol–water partition coefficient (Wildman–Crippen LogP) is 4.57. The van der Waals surface area contributed by atoms with Gasteiger partial charge in [0.2, 0.25) is 5.91 Å². The second-order valence-electron chi connectivity index (χ2n) is 7.33. The van der Waals surface area contributed by atoms with E-state index in [1.54, 1.807) is 36.0 Å². The Labute approximate surface area is 192 Å². The van der Waals surface area contributed by atoms with Gasteiger partial charge in [0.15, 0.2) is 0 Å². The highest BCUT2D eigenvalue weighted by Gasteiger charge is 2.25. The molecule has 4 heterocycles. The number of halogens is 2. The minimum absolute atomic E-state index is 0.0152. The van der Waals surface area contributed by atoms with Crippen LogP contribution in [-0.4, -0.2) is 36.9 Å². The lowest BCUT2D eigenvalue weighted by Crippen LogP contribution is -2.34. The van der Waals surface area contributed by atoms with Gasteiger partial charge in [-0.2, -0.15) is 0 Å². The fraction of sp³-hybridized carbons (Fsp3) is 0.182. The predicted molar refractivity (Wildman–Crippen MR) is 123 cm³/mol. The van der Waals surface area contributed by atoms with Gasteiger partial charge in [0, 0.05) is 42.1 Å². The highest BCUT2D eigenvalue weighted by Crippen LogP contribution is 2.38. The molecule has 4 aromatic rings. The normalized spacial score (nSPS) is 13.6. The summed E-state index contributed by atoms with van der Waals surface area (Å²) in [5.41, 5.74) is 1.79. The van der Waals surface area contributed by atoms with Crippen LogP contribution in [0.3, 0.4) is 0 Å². The number of allylic oxidation sites excluding steroid dienone is 1. The molecule has 0 fully saturated rings. The van der Waals surface area contributed by atoms with E-state index in [0.29, 0.717) is 37.6 Å². The van der Waals surface area contributed by atoms with Crippen LogP contribution in [0.1, 0.15) is 10.4 Å². The molecule has 0 saturated heterocycles. The fourth-order valence-corrected chi connectivity index (χ4v) is 5.08. The van der Waals surface area contributed by atoms with E-state index in [0.717, 1.165) is 20.7 Å². The molecule has 1 amide bonds. The number of thiophene rings is 1. The molecular formula is C22H18ClFN6OS. The first kappa shape index (κ1) is 20.6. The number of benzene rings is 1. The van der Waals surface area contributed by atoms with E-state index in [1.807, 2.05) is 21.7 Å². The van der Waals surface area contributed by atoms with Gasteiger partial charge in [-0.25, -0.2) is 19.3 Å². The summed E-state index contributed by atoms with van der Waals surface area (Å²) >= 11 is 7.48. The lowest BCUT2D eigenvalue weighted by Gasteiger charge is -2.26. The number of aromatic nitrogens is 4. The van der Waals surface area contributed by atoms with Crippen LogP contribution in [0, 0.1) is 5.82 Å². The van der Waals surface area contributed by atoms with E-state index in [2.05, 4.69) is 20.3 Å². The van der Waals surface area contributed by atoms with Crippen molar-refractivity contribution in [3.05, 3.63) is 76.7 Å². The van der Waals surface area contributed by atoms with Crippen molar-refractivity contribution < 1.29 is 9.18 Å². The number of nitrogens with zero attached hydrogens (tertiary/aromatic N) is 5. The number of nitrogens with one attached hydrogen (secondary N) is 1. The van der Waals surface area contributed by atoms with Gasteiger partial charge in [0.05, 0.1) is 23.3 Å². The van der Waals surface area contributed by atoms with Gasteiger partial charge in [-0.1, -0.05) is 17.7 Å². The molecule has 32 heavy (non-hydrogen) atoms. The van der Waals surface area contributed by atoms with E-state index >= 15 is 0 Å². The average Bonchev–Trinajstić information content (AvgIpc) is 3.43. The summed E-state index contributed by atoms with van der Waals surface area (Å²) in [6.45, 7) is 1.75. The zero-order chi connectivity index (χ0) is 22.1. The van der Waals surface area contributed by atoms with Crippen LogP contribution in [0.25, 0.3) is 10.2 Å². The van der Waals surface area contributed by atoms with Gasteiger partial charge in [-0.05, 0) is 30.2 Å². The molecule has 1 aliphatic heterocycles. The molecule has 10 heteroatoms. The molecule has 0 saturated carbocycles. The van der Waals surface area contributed by atoms with Gasteiger partial charge in [-0.3, -0.25) is 4.79 Å². The lowest BCUT2D eigenvalue weighted by molar-refractivity contribution is -0.126. The molecule has 5 rings (SSSR count). The summed E-state index contributed by atoms with van der Waals surface area (Å²) in [4.78, 5) is 29.3. The molecule has 1 aliphatic rings. The number of anilines is 2. The van der Waals surface area contributed by atoms with E-state index in [9.17, 15) is 9.18 Å². The number of rotatable bonds is 5. The van der Waals surface area contributed by atoms with Gasteiger partial charge in [-0.15, -0.1) is 11.3 Å². The van der Waals surface area contributed by atoms with E-state index < -0.39 is 5.82 Å². The molecular weight excluding hydrogens is 451 g/mol. The summed E-state index contributed by atoms with van der Waals surface area (Å²) in [5, 5.41) is 4.22. The Bertz CT molecular complexity index is 1320. The van der Waals surface area contributed by atoms with Crippen LogP contribution in [0.15, 0.2) is 55.4 Å². The van der Waals surface area contributed by atoms with Crippen molar-refractivity contribution in [3.8, 4) is 0 Å². The van der Waals surface area contributed by atoms with Crippen molar-refractivity contribution in [2.75, 3.05) is 11.9 Å². The van der Waals surface area contributed by atoms with Crippen molar-refractivity contribution in [1.29, 1.82) is 0 Å². The van der Waals surface area contributed by atoms with Crippen LogP contribution < -0.4 is 5.32 Å². The summed E-state index contributed by atoms with van der Waals surface area (Å²) in [5.74, 6) is 0.163. The van der Waals surface area contributed by atoms with E-state index in [-0.39, 0.29) is 10.9 Å². The van der Waals surface area contributed by atoms with Crippen molar-refractivity contribution in [2.24, 2.45) is 0 Å². The van der Waals surface area contributed by atoms with Gasteiger partial charge >= 0.3 is 0 Å². The molecule has 3 aromatic heterocycles. The molecule has 0 spiro atoms. The largest absolute Gasteiger partial charge is 0.340 e. The molecule has 0 radical (unpaired) electrons. The number of fused-ring (bicyclic) bond motifs is 3. The smallest absolute Gasteiger partial charge is 0.246 e. The number of carbonyl (C=O) groups excluding carboxylic acids is 1. The second kappa shape index (κ2) is 8.68. The number of imidazole rings is 1.